The minimum Gasteiger partial charge on any atom is -0.493 e. The fourth-order valence-electron chi connectivity index (χ4n) is 2.81. The van der Waals surface area contributed by atoms with Gasteiger partial charge < -0.3 is 5.11 Å². The fraction of sp³-hybridized carbons (Fsp3) is 0.111. The van der Waals surface area contributed by atoms with E-state index in [1.807, 2.05) is 29.3 Å². The van der Waals surface area contributed by atoms with Crippen LogP contribution in [0.4, 0.5) is 5.13 Å². The molecule has 1 atom stereocenters. The molecule has 1 aliphatic rings. The van der Waals surface area contributed by atoms with Crippen molar-refractivity contribution in [2.45, 2.75) is 12.5 Å². The van der Waals surface area contributed by atoms with Crippen LogP contribution in [0.5, 0.6) is 5.88 Å². The van der Waals surface area contributed by atoms with Crippen molar-refractivity contribution in [1.82, 2.24) is 4.98 Å². The number of thiazole rings is 1. The third-order valence-corrected chi connectivity index (χ3v) is 5.89. The lowest BCUT2D eigenvalue weighted by Gasteiger charge is -2.21. The average molecular weight is 479 g/mol. The highest BCUT2D eigenvalue weighted by molar-refractivity contribution is 9.10. The highest BCUT2D eigenvalue weighted by Gasteiger charge is 2.31. The van der Waals surface area contributed by atoms with Gasteiger partial charge in [-0.2, -0.15) is 10.1 Å². The maximum absolute atomic E-state index is 9.63. The van der Waals surface area contributed by atoms with Crippen molar-refractivity contribution in [3.8, 4) is 5.88 Å². The van der Waals surface area contributed by atoms with Crippen LogP contribution in [-0.2, 0) is 0 Å². The summed E-state index contributed by atoms with van der Waals surface area (Å²) in [6.07, 6.45) is 0.781. The number of halogens is 2. The Balaban J connectivity index is 1.73. The van der Waals surface area contributed by atoms with E-state index in [9.17, 15) is 5.11 Å². The van der Waals surface area contributed by atoms with Gasteiger partial charge in [-0.25, -0.2) is 5.01 Å². The predicted molar refractivity (Wildman–Crippen MR) is 108 cm³/mol. The lowest BCUT2D eigenvalue weighted by atomic mass is 9.99. The van der Waals surface area contributed by atoms with Gasteiger partial charge >= 0.3 is 0 Å². The minimum absolute atomic E-state index is 0.0295. The van der Waals surface area contributed by atoms with Gasteiger partial charge in [0.25, 0.3) is 0 Å². The number of aromatic hydroxyl groups is 1. The molecule has 3 aromatic rings. The molecular weight excluding hydrogens is 466 g/mol. The molecule has 4 rings (SSSR count). The summed E-state index contributed by atoms with van der Waals surface area (Å²) >= 11 is 8.34. The van der Waals surface area contributed by atoms with Crippen LogP contribution < -0.4 is 5.01 Å². The zero-order chi connectivity index (χ0) is 17.4. The molecule has 0 aliphatic carbocycles. The monoisotopic (exact) mass is 477 g/mol. The zero-order valence-electron chi connectivity index (χ0n) is 12.9. The molecule has 7 heteroatoms. The number of rotatable bonds is 3. The summed E-state index contributed by atoms with van der Waals surface area (Å²) in [6, 6.07) is 16.5. The first-order valence-corrected chi connectivity index (χ1v) is 10.1. The first-order chi connectivity index (χ1) is 12.1. The first kappa shape index (κ1) is 16.8. The van der Waals surface area contributed by atoms with E-state index in [2.05, 4.69) is 61.1 Å². The quantitative estimate of drug-likeness (QED) is 0.522. The Bertz CT molecular complexity index is 922. The van der Waals surface area contributed by atoms with E-state index >= 15 is 0 Å². The first-order valence-electron chi connectivity index (χ1n) is 7.63. The number of hydrogen-bond donors (Lipinski definition) is 1. The maximum Gasteiger partial charge on any atom is 0.223 e. The largest absolute Gasteiger partial charge is 0.493 e. The second-order valence-corrected chi connectivity index (χ2v) is 8.33. The Kier molecular flexibility index (Phi) is 4.62. The summed E-state index contributed by atoms with van der Waals surface area (Å²) in [5.41, 5.74) is 3.26. The average Bonchev–Trinajstić information content (AvgIpc) is 3.23. The molecule has 0 amide bonds. The standard InChI is InChI=1S/C18H13Br2N3OS/c19-13-5-1-11(2-6-13)15-9-16(12-3-7-14(20)8-4-12)23(22-15)18-21-17(24)10-25-18/h1-8,10,16,24H,9H2. The van der Waals surface area contributed by atoms with Gasteiger partial charge in [-0.3, -0.25) is 0 Å². The number of hydrogen-bond acceptors (Lipinski definition) is 5. The molecule has 4 nitrogen and oxygen atoms in total. The lowest BCUT2D eigenvalue weighted by Crippen LogP contribution is -2.18. The van der Waals surface area contributed by atoms with Crippen LogP contribution in [0.1, 0.15) is 23.6 Å². The van der Waals surface area contributed by atoms with Gasteiger partial charge in [0.15, 0.2) is 0 Å². The molecule has 1 unspecified atom stereocenters. The van der Waals surface area contributed by atoms with Gasteiger partial charge in [-0.15, -0.1) is 0 Å². The van der Waals surface area contributed by atoms with Crippen LogP contribution in [0.25, 0.3) is 0 Å². The van der Waals surface area contributed by atoms with Gasteiger partial charge in [0.1, 0.15) is 0 Å². The molecule has 1 aliphatic heterocycles. The van der Waals surface area contributed by atoms with E-state index in [4.69, 9.17) is 5.10 Å². The zero-order valence-corrected chi connectivity index (χ0v) is 16.9. The van der Waals surface area contributed by atoms with Crippen molar-refractivity contribution >= 4 is 54.0 Å². The summed E-state index contributed by atoms with van der Waals surface area (Å²) in [5.74, 6) is 0.0295. The van der Waals surface area contributed by atoms with Crippen LogP contribution in [0, 0.1) is 0 Å². The van der Waals surface area contributed by atoms with E-state index < -0.39 is 0 Å². The SMILES string of the molecule is Oc1csc(N2N=C(c3ccc(Br)cc3)CC2c2ccc(Br)cc2)n1. The van der Waals surface area contributed by atoms with Crippen molar-refractivity contribution in [3.63, 3.8) is 0 Å². The van der Waals surface area contributed by atoms with Crippen molar-refractivity contribution < 1.29 is 5.11 Å². The van der Waals surface area contributed by atoms with E-state index in [0.29, 0.717) is 5.13 Å². The second-order valence-electron chi connectivity index (χ2n) is 5.66. The predicted octanol–water partition coefficient (Wildman–Crippen LogP) is 5.73. The molecule has 126 valence electrons. The lowest BCUT2D eigenvalue weighted by molar-refractivity contribution is 0.457. The second kappa shape index (κ2) is 6.90. The molecule has 2 aromatic carbocycles. The molecule has 0 bridgehead atoms. The summed E-state index contributed by atoms with van der Waals surface area (Å²) in [5, 5.41) is 18.7. The van der Waals surface area contributed by atoms with Gasteiger partial charge in [0, 0.05) is 15.4 Å². The summed E-state index contributed by atoms with van der Waals surface area (Å²) in [4.78, 5) is 4.20. The van der Waals surface area contributed by atoms with Crippen molar-refractivity contribution in [1.29, 1.82) is 0 Å². The van der Waals surface area contributed by atoms with Crippen molar-refractivity contribution in [2.75, 3.05) is 5.01 Å². The summed E-state index contributed by atoms with van der Waals surface area (Å²) in [7, 11) is 0. The molecule has 1 N–H and O–H groups in total. The third kappa shape index (κ3) is 3.49. The number of nitrogens with zero attached hydrogens (tertiary/aromatic N) is 3. The van der Waals surface area contributed by atoms with E-state index in [-0.39, 0.29) is 11.9 Å². The summed E-state index contributed by atoms with van der Waals surface area (Å²) < 4.78 is 2.09. The third-order valence-electron chi connectivity index (χ3n) is 4.02. The Labute approximate surface area is 166 Å². The van der Waals surface area contributed by atoms with Crippen LogP contribution >= 0.6 is 43.2 Å². The van der Waals surface area contributed by atoms with Gasteiger partial charge in [-0.05, 0) is 35.4 Å². The Morgan fingerprint density at radius 2 is 1.64 bits per heavy atom. The van der Waals surface area contributed by atoms with Gasteiger partial charge in [-0.1, -0.05) is 67.5 Å². The van der Waals surface area contributed by atoms with Crippen LogP contribution in [0.2, 0.25) is 0 Å². The van der Waals surface area contributed by atoms with Crippen molar-refractivity contribution in [2.24, 2.45) is 5.10 Å². The highest BCUT2D eigenvalue weighted by atomic mass is 79.9. The summed E-state index contributed by atoms with van der Waals surface area (Å²) in [6.45, 7) is 0. The van der Waals surface area contributed by atoms with Crippen LogP contribution in [-0.4, -0.2) is 15.8 Å². The van der Waals surface area contributed by atoms with Gasteiger partial charge in [0.05, 0.1) is 17.1 Å². The van der Waals surface area contributed by atoms with E-state index in [1.54, 1.807) is 5.38 Å². The Hall–Kier alpha value is -1.70. The van der Waals surface area contributed by atoms with E-state index in [0.717, 1.165) is 32.2 Å². The number of aromatic nitrogens is 1. The number of hydrazone groups is 1. The van der Waals surface area contributed by atoms with Crippen molar-refractivity contribution in [3.05, 3.63) is 74.0 Å². The van der Waals surface area contributed by atoms with Gasteiger partial charge in [0.2, 0.25) is 11.0 Å². The fourth-order valence-corrected chi connectivity index (χ4v) is 4.02. The molecule has 1 aromatic heterocycles. The topological polar surface area (TPSA) is 48.7 Å². The molecule has 0 fully saturated rings. The molecule has 0 spiro atoms. The molecule has 0 radical (unpaired) electrons. The number of anilines is 1. The molecule has 2 heterocycles. The minimum atomic E-state index is 0.0295. The molecule has 0 saturated carbocycles. The number of benzene rings is 2. The Morgan fingerprint density at radius 1 is 1.00 bits per heavy atom. The highest BCUT2D eigenvalue weighted by Crippen LogP contribution is 2.39. The van der Waals surface area contributed by atoms with Crippen LogP contribution in [0.3, 0.4) is 0 Å². The maximum atomic E-state index is 9.63. The molecular formula is C18H13Br2N3OS. The smallest absolute Gasteiger partial charge is 0.223 e. The normalized spacial score (nSPS) is 17.0. The molecule has 0 saturated heterocycles. The van der Waals surface area contributed by atoms with E-state index in [1.165, 1.54) is 11.3 Å². The van der Waals surface area contributed by atoms with Crippen LogP contribution in [0.15, 0.2) is 68.0 Å². The molecule has 25 heavy (non-hydrogen) atoms. The Morgan fingerprint density at radius 3 is 2.24 bits per heavy atom.